The fourth-order valence-corrected chi connectivity index (χ4v) is 4.04. The third-order valence-electron chi connectivity index (χ3n) is 5.12. The summed E-state index contributed by atoms with van der Waals surface area (Å²) in [6.45, 7) is 0.563. The lowest BCUT2D eigenvalue weighted by Gasteiger charge is -2.42. The van der Waals surface area contributed by atoms with Gasteiger partial charge in [0.15, 0.2) is 17.6 Å². The quantitative estimate of drug-likeness (QED) is 0.371. The van der Waals surface area contributed by atoms with Gasteiger partial charge in [0.1, 0.15) is 0 Å². The van der Waals surface area contributed by atoms with Crippen LogP contribution in [0.5, 0.6) is 0 Å². The molecule has 1 heterocycles. The molecule has 146 valence electrons. The minimum Gasteiger partial charge on any atom is -0.468 e. The highest BCUT2D eigenvalue weighted by Gasteiger charge is 2.52. The lowest BCUT2D eigenvalue weighted by Crippen LogP contribution is -2.54. The molecule has 1 aliphatic heterocycles. The van der Waals surface area contributed by atoms with E-state index in [1.807, 2.05) is 18.2 Å². The largest absolute Gasteiger partial charge is 0.468 e. The standard InChI is InChI=1S/C19H26ClN5O2/c20-13-7-2-1-6-12(13)19-10-5-9-15(16(19)26)27-17(25-19)14(21)8-3-4-11-24-18(22)23/h1-2,6-7,14-15H,3-5,8-11,21H2,(H4,22,23,24). The van der Waals surface area contributed by atoms with Gasteiger partial charge in [0.05, 0.1) is 6.04 Å². The van der Waals surface area contributed by atoms with E-state index in [1.165, 1.54) is 0 Å². The molecule has 0 amide bonds. The molecule has 3 atom stereocenters. The molecule has 2 bridgehead atoms. The Morgan fingerprint density at radius 3 is 2.89 bits per heavy atom. The van der Waals surface area contributed by atoms with Crippen molar-refractivity contribution >= 4 is 29.2 Å². The molecule has 1 saturated carbocycles. The molecule has 7 nitrogen and oxygen atoms in total. The highest BCUT2D eigenvalue weighted by atomic mass is 35.5. The summed E-state index contributed by atoms with van der Waals surface area (Å²) in [4.78, 5) is 21.7. The van der Waals surface area contributed by atoms with Gasteiger partial charge in [-0.25, -0.2) is 4.99 Å². The second-order valence-corrected chi connectivity index (χ2v) is 7.47. The second-order valence-electron chi connectivity index (χ2n) is 7.06. The van der Waals surface area contributed by atoms with Gasteiger partial charge >= 0.3 is 0 Å². The summed E-state index contributed by atoms with van der Waals surface area (Å²) in [6, 6.07) is 7.01. The number of guanidine groups is 1. The van der Waals surface area contributed by atoms with Crippen LogP contribution in [0.25, 0.3) is 0 Å². The van der Waals surface area contributed by atoms with E-state index in [-0.39, 0.29) is 17.8 Å². The summed E-state index contributed by atoms with van der Waals surface area (Å²) in [5.74, 6) is 0.513. The first-order valence-electron chi connectivity index (χ1n) is 9.31. The fourth-order valence-electron chi connectivity index (χ4n) is 3.75. The van der Waals surface area contributed by atoms with Crippen LogP contribution < -0.4 is 17.2 Å². The number of nitrogens with zero attached hydrogens (tertiary/aromatic N) is 2. The Morgan fingerprint density at radius 2 is 2.15 bits per heavy atom. The maximum absolute atomic E-state index is 13.0. The first-order chi connectivity index (χ1) is 12.9. The van der Waals surface area contributed by atoms with Crippen molar-refractivity contribution in [1.29, 1.82) is 0 Å². The fraction of sp³-hybridized carbons (Fsp3) is 0.526. The molecule has 3 unspecified atom stereocenters. The summed E-state index contributed by atoms with van der Waals surface area (Å²) in [7, 11) is 0. The van der Waals surface area contributed by atoms with Crippen molar-refractivity contribution in [2.24, 2.45) is 27.2 Å². The predicted octanol–water partition coefficient (Wildman–Crippen LogP) is 1.86. The predicted molar refractivity (Wildman–Crippen MR) is 107 cm³/mol. The molecular formula is C19H26ClN5O2. The number of aliphatic imine (C=N–C) groups is 2. The molecule has 0 aromatic heterocycles. The average Bonchev–Trinajstić information content (AvgIpc) is 2.61. The highest BCUT2D eigenvalue weighted by molar-refractivity contribution is 6.32. The number of carbonyl (C=O) groups is 1. The van der Waals surface area contributed by atoms with Crippen LogP contribution in [0.1, 0.15) is 44.1 Å². The molecule has 8 heteroatoms. The summed E-state index contributed by atoms with van der Waals surface area (Å²) >= 11 is 6.41. The van der Waals surface area contributed by atoms with Gasteiger partial charge in [-0.2, -0.15) is 0 Å². The zero-order valence-corrected chi connectivity index (χ0v) is 16.0. The number of ether oxygens (including phenoxy) is 1. The molecule has 0 radical (unpaired) electrons. The third kappa shape index (κ3) is 4.09. The van der Waals surface area contributed by atoms with E-state index in [2.05, 4.69) is 4.99 Å². The Labute approximate surface area is 164 Å². The first-order valence-corrected chi connectivity index (χ1v) is 9.68. The van der Waals surface area contributed by atoms with Gasteiger partial charge < -0.3 is 21.9 Å². The summed E-state index contributed by atoms with van der Waals surface area (Å²) in [5.41, 5.74) is 16.7. The number of hydrogen-bond acceptors (Lipinski definition) is 5. The van der Waals surface area contributed by atoms with Crippen LogP contribution >= 0.6 is 11.6 Å². The minimum atomic E-state index is -0.981. The molecule has 1 aromatic carbocycles. The number of ketones is 1. The van der Waals surface area contributed by atoms with Crippen LogP contribution in [0.3, 0.4) is 0 Å². The van der Waals surface area contributed by atoms with E-state index >= 15 is 0 Å². The molecule has 0 spiro atoms. The second kappa shape index (κ2) is 8.27. The van der Waals surface area contributed by atoms with Gasteiger partial charge in [0, 0.05) is 17.1 Å². The van der Waals surface area contributed by atoms with E-state index in [0.29, 0.717) is 36.7 Å². The number of rotatable bonds is 7. The Bertz CT molecular complexity index is 762. The Hall–Kier alpha value is -2.12. The molecule has 2 aliphatic rings. The number of Topliss-reactive ketones (excluding diaryl/α,β-unsaturated/α-hetero) is 1. The zero-order valence-electron chi connectivity index (χ0n) is 15.2. The Morgan fingerprint density at radius 1 is 1.37 bits per heavy atom. The van der Waals surface area contributed by atoms with E-state index in [1.54, 1.807) is 6.07 Å². The van der Waals surface area contributed by atoms with Crippen molar-refractivity contribution in [1.82, 2.24) is 0 Å². The lowest BCUT2D eigenvalue weighted by atomic mass is 9.73. The topological polar surface area (TPSA) is 129 Å². The first kappa shape index (κ1) is 19.6. The van der Waals surface area contributed by atoms with Gasteiger partial charge in [-0.1, -0.05) is 29.8 Å². The normalized spacial score (nSPS) is 25.3. The molecule has 0 saturated heterocycles. The number of halogens is 1. The van der Waals surface area contributed by atoms with Crippen molar-refractivity contribution in [3.8, 4) is 0 Å². The lowest BCUT2D eigenvalue weighted by molar-refractivity contribution is -0.137. The summed E-state index contributed by atoms with van der Waals surface area (Å²) < 4.78 is 5.88. The number of carbonyl (C=O) groups excluding carboxylic acids is 1. The number of nitrogens with two attached hydrogens (primary N) is 3. The summed E-state index contributed by atoms with van der Waals surface area (Å²) in [5, 5.41) is 0.544. The summed E-state index contributed by atoms with van der Waals surface area (Å²) in [6.07, 6.45) is 3.98. The van der Waals surface area contributed by atoms with Crippen LogP contribution in [0.15, 0.2) is 34.3 Å². The van der Waals surface area contributed by atoms with Gasteiger partial charge in [0.2, 0.25) is 11.7 Å². The third-order valence-corrected chi connectivity index (χ3v) is 5.45. The molecular weight excluding hydrogens is 366 g/mol. The smallest absolute Gasteiger partial charge is 0.205 e. The van der Waals surface area contributed by atoms with E-state index in [0.717, 1.165) is 24.8 Å². The number of fused-ring (bicyclic) bond motifs is 2. The number of hydrogen-bond donors (Lipinski definition) is 3. The molecule has 1 aromatic rings. The van der Waals surface area contributed by atoms with Crippen LogP contribution in [0, 0.1) is 0 Å². The van der Waals surface area contributed by atoms with Gasteiger partial charge in [0.25, 0.3) is 0 Å². The Balaban J connectivity index is 1.80. The number of benzene rings is 1. The van der Waals surface area contributed by atoms with Crippen molar-refractivity contribution in [2.75, 3.05) is 6.54 Å². The monoisotopic (exact) mass is 391 g/mol. The van der Waals surface area contributed by atoms with Crippen molar-refractivity contribution in [2.45, 2.75) is 56.2 Å². The molecule has 3 rings (SSSR count). The van der Waals surface area contributed by atoms with Crippen LogP contribution in [-0.2, 0) is 15.1 Å². The molecule has 1 aliphatic carbocycles. The maximum Gasteiger partial charge on any atom is 0.205 e. The van der Waals surface area contributed by atoms with Gasteiger partial charge in [-0.15, -0.1) is 0 Å². The van der Waals surface area contributed by atoms with Crippen molar-refractivity contribution < 1.29 is 9.53 Å². The van der Waals surface area contributed by atoms with Crippen LogP contribution in [0.2, 0.25) is 5.02 Å². The van der Waals surface area contributed by atoms with Gasteiger partial charge in [-0.05, 0) is 44.6 Å². The molecule has 1 fully saturated rings. The average molecular weight is 392 g/mol. The Kier molecular flexibility index (Phi) is 6.01. The van der Waals surface area contributed by atoms with E-state index < -0.39 is 11.6 Å². The highest BCUT2D eigenvalue weighted by Crippen LogP contribution is 2.44. The number of unbranched alkanes of at least 4 members (excludes halogenated alkanes) is 1. The maximum atomic E-state index is 13.0. The van der Waals surface area contributed by atoms with Crippen molar-refractivity contribution in [3.63, 3.8) is 0 Å². The van der Waals surface area contributed by atoms with E-state index in [4.69, 9.17) is 38.5 Å². The van der Waals surface area contributed by atoms with Crippen molar-refractivity contribution in [3.05, 3.63) is 34.9 Å². The molecule has 6 N–H and O–H groups in total. The minimum absolute atomic E-state index is 0.0226. The molecule has 27 heavy (non-hydrogen) atoms. The SMILES string of the molecule is NC(N)=NCCCCC(N)C1=NC2(c3ccccc3Cl)CCCC(O1)C2=O. The van der Waals surface area contributed by atoms with E-state index in [9.17, 15) is 4.79 Å². The van der Waals surface area contributed by atoms with Crippen LogP contribution in [0.4, 0.5) is 0 Å². The van der Waals surface area contributed by atoms with Gasteiger partial charge in [-0.3, -0.25) is 9.79 Å². The van der Waals surface area contributed by atoms with Crippen LogP contribution in [-0.4, -0.2) is 36.3 Å². The zero-order chi connectivity index (χ0) is 19.4.